The summed E-state index contributed by atoms with van der Waals surface area (Å²) < 4.78 is 53.5. The number of benzene rings is 1. The molecule has 1 aliphatic heterocycles. The van der Waals surface area contributed by atoms with Crippen LogP contribution in [0.4, 0.5) is 13.2 Å². The van der Waals surface area contributed by atoms with Gasteiger partial charge >= 0.3 is 6.18 Å². The van der Waals surface area contributed by atoms with Crippen LogP contribution in [-0.4, -0.2) is 28.3 Å². The van der Waals surface area contributed by atoms with Crippen molar-refractivity contribution in [2.45, 2.75) is 70.5 Å². The van der Waals surface area contributed by atoms with Crippen molar-refractivity contribution >= 4 is 0 Å². The van der Waals surface area contributed by atoms with Gasteiger partial charge < -0.3 is 9.05 Å². The zero-order chi connectivity index (χ0) is 23.4. The maximum Gasteiger partial charge on any atom is 0.422 e. The van der Waals surface area contributed by atoms with Crippen LogP contribution in [0, 0.1) is 5.92 Å². The Morgan fingerprint density at radius 2 is 1.76 bits per heavy atom. The lowest BCUT2D eigenvalue weighted by Crippen LogP contribution is -2.44. The summed E-state index contributed by atoms with van der Waals surface area (Å²) in [5.74, 6) is 0.551. The van der Waals surface area contributed by atoms with E-state index in [9.17, 15) is 13.2 Å². The van der Waals surface area contributed by atoms with E-state index in [2.05, 4.69) is 34.3 Å². The van der Waals surface area contributed by atoms with Crippen LogP contribution in [-0.2, 0) is 25.6 Å². The van der Waals surface area contributed by atoms with E-state index in [1.54, 1.807) is 0 Å². The van der Waals surface area contributed by atoms with Crippen LogP contribution in [0.25, 0.3) is 22.7 Å². The number of hydrogen-bond acceptors (Lipinski definition) is 5. The predicted octanol–water partition coefficient (Wildman–Crippen LogP) is 6.61. The third-order valence-corrected chi connectivity index (χ3v) is 7.60. The predicted molar refractivity (Wildman–Crippen MR) is 120 cm³/mol. The lowest BCUT2D eigenvalue weighted by Gasteiger charge is -2.37. The molecule has 0 amide bonds. The molecule has 1 aromatic carbocycles. The standard InChI is InChI=1S/C26H28F3N3O2/c1-15-12-32(13-15)14-16-7-9-19-18(11-16)8-10-20-22(19)30-34-25(20)23-21(26(27,28)29)24(33-31-23)17-5-3-2-4-6-17/h7,9,11,15,17H,2-6,8,10,12-14H2,1H3. The molecule has 1 saturated heterocycles. The first kappa shape index (κ1) is 21.9. The first-order chi connectivity index (χ1) is 16.4. The highest BCUT2D eigenvalue weighted by Gasteiger charge is 2.44. The van der Waals surface area contributed by atoms with Gasteiger partial charge in [0.1, 0.15) is 11.3 Å². The molecule has 3 aliphatic rings. The molecular formula is C26H28F3N3O2. The Morgan fingerprint density at radius 3 is 2.50 bits per heavy atom. The maximum absolute atomic E-state index is 14.2. The largest absolute Gasteiger partial charge is 0.422 e. The lowest BCUT2D eigenvalue weighted by atomic mass is 9.84. The number of hydrogen-bond donors (Lipinski definition) is 0. The van der Waals surface area contributed by atoms with Crippen LogP contribution in [0.15, 0.2) is 27.2 Å². The Bertz CT molecular complexity index is 1200. The fourth-order valence-corrected chi connectivity index (χ4v) is 5.97. The molecule has 2 aliphatic carbocycles. The van der Waals surface area contributed by atoms with E-state index in [0.29, 0.717) is 30.5 Å². The van der Waals surface area contributed by atoms with Gasteiger partial charge in [-0.05, 0) is 42.7 Å². The molecule has 2 aromatic heterocycles. The van der Waals surface area contributed by atoms with Gasteiger partial charge in [-0.3, -0.25) is 4.90 Å². The molecule has 180 valence electrons. The smallest absolute Gasteiger partial charge is 0.360 e. The summed E-state index contributed by atoms with van der Waals surface area (Å²) in [6.45, 7) is 5.42. The van der Waals surface area contributed by atoms with E-state index in [0.717, 1.165) is 62.4 Å². The second kappa shape index (κ2) is 8.26. The molecule has 0 N–H and O–H groups in total. The average molecular weight is 472 g/mol. The molecule has 0 bridgehead atoms. The highest BCUT2D eigenvalue weighted by atomic mass is 19.4. The average Bonchev–Trinajstić information content (AvgIpc) is 3.43. The molecule has 0 spiro atoms. The van der Waals surface area contributed by atoms with Crippen molar-refractivity contribution in [3.8, 4) is 22.7 Å². The number of aryl methyl sites for hydroxylation is 1. The molecule has 2 fully saturated rings. The maximum atomic E-state index is 14.2. The third kappa shape index (κ3) is 3.76. The minimum absolute atomic E-state index is 0.0477. The van der Waals surface area contributed by atoms with Crippen LogP contribution in [0.2, 0.25) is 0 Å². The van der Waals surface area contributed by atoms with Crippen LogP contribution in [0.5, 0.6) is 0 Å². The molecular weight excluding hydrogens is 443 g/mol. The van der Waals surface area contributed by atoms with E-state index in [4.69, 9.17) is 9.05 Å². The van der Waals surface area contributed by atoms with Crippen molar-refractivity contribution in [2.24, 2.45) is 5.92 Å². The first-order valence-electron chi connectivity index (χ1n) is 12.3. The number of rotatable bonds is 4. The minimum atomic E-state index is -4.57. The van der Waals surface area contributed by atoms with E-state index in [1.807, 2.05) is 6.07 Å². The fourth-order valence-electron chi connectivity index (χ4n) is 5.97. The highest BCUT2D eigenvalue weighted by Crippen LogP contribution is 2.47. The van der Waals surface area contributed by atoms with Gasteiger partial charge in [-0.15, -0.1) is 0 Å². The van der Waals surface area contributed by atoms with Gasteiger partial charge in [-0.25, -0.2) is 0 Å². The van der Waals surface area contributed by atoms with Crippen LogP contribution >= 0.6 is 0 Å². The number of likely N-dealkylation sites (tertiary alicyclic amines) is 1. The van der Waals surface area contributed by atoms with E-state index < -0.39 is 11.7 Å². The van der Waals surface area contributed by atoms with Gasteiger partial charge in [0, 0.05) is 36.7 Å². The molecule has 0 radical (unpaired) electrons. The van der Waals surface area contributed by atoms with E-state index in [1.165, 1.54) is 5.56 Å². The van der Waals surface area contributed by atoms with Gasteiger partial charge in [0.2, 0.25) is 0 Å². The van der Waals surface area contributed by atoms with Gasteiger partial charge in [0.05, 0.1) is 0 Å². The summed E-state index contributed by atoms with van der Waals surface area (Å²) >= 11 is 0. The van der Waals surface area contributed by atoms with Crippen molar-refractivity contribution in [1.82, 2.24) is 15.2 Å². The SMILES string of the molecule is CC1CN(Cc2ccc3c(c2)CCc2c-3noc2-c2noc(C3CCCCC3)c2C(F)(F)F)C1. The summed E-state index contributed by atoms with van der Waals surface area (Å²) in [5.41, 5.74) is 3.61. The van der Waals surface area contributed by atoms with Gasteiger partial charge in [-0.1, -0.05) is 54.7 Å². The normalized spacial score (nSPS) is 19.6. The van der Waals surface area contributed by atoms with Gasteiger partial charge in [0.15, 0.2) is 17.2 Å². The van der Waals surface area contributed by atoms with E-state index in [-0.39, 0.29) is 23.1 Å². The summed E-state index contributed by atoms with van der Waals surface area (Å²) in [6, 6.07) is 6.32. The summed E-state index contributed by atoms with van der Waals surface area (Å²) in [7, 11) is 0. The molecule has 3 aromatic rings. The molecule has 1 saturated carbocycles. The molecule has 34 heavy (non-hydrogen) atoms. The number of halogens is 3. The van der Waals surface area contributed by atoms with Gasteiger partial charge in [-0.2, -0.15) is 13.2 Å². The fraction of sp³-hybridized carbons (Fsp3) is 0.538. The second-order valence-corrected chi connectivity index (χ2v) is 10.2. The van der Waals surface area contributed by atoms with Crippen LogP contribution in [0.1, 0.15) is 73.0 Å². The number of alkyl halides is 3. The van der Waals surface area contributed by atoms with Crippen molar-refractivity contribution in [3.63, 3.8) is 0 Å². The molecule has 3 heterocycles. The molecule has 0 atom stereocenters. The Morgan fingerprint density at radius 1 is 1.00 bits per heavy atom. The van der Waals surface area contributed by atoms with E-state index >= 15 is 0 Å². The Hall–Kier alpha value is -2.61. The first-order valence-corrected chi connectivity index (χ1v) is 12.3. The Kier molecular flexibility index (Phi) is 5.32. The topological polar surface area (TPSA) is 55.3 Å². The molecule has 6 rings (SSSR count). The monoisotopic (exact) mass is 471 g/mol. The number of nitrogens with zero attached hydrogens (tertiary/aromatic N) is 3. The second-order valence-electron chi connectivity index (χ2n) is 10.2. The molecule has 0 unspecified atom stereocenters. The highest BCUT2D eigenvalue weighted by molar-refractivity contribution is 5.77. The van der Waals surface area contributed by atoms with Gasteiger partial charge in [0.25, 0.3) is 0 Å². The van der Waals surface area contributed by atoms with Crippen molar-refractivity contribution < 1.29 is 22.2 Å². The summed E-state index contributed by atoms with van der Waals surface area (Å²) in [4.78, 5) is 2.42. The van der Waals surface area contributed by atoms with Crippen LogP contribution < -0.4 is 0 Å². The van der Waals surface area contributed by atoms with Crippen molar-refractivity contribution in [2.75, 3.05) is 13.1 Å². The number of aromatic nitrogens is 2. The van der Waals surface area contributed by atoms with Crippen molar-refractivity contribution in [3.05, 3.63) is 46.2 Å². The summed E-state index contributed by atoms with van der Waals surface area (Å²) in [5, 5.41) is 8.11. The quantitative estimate of drug-likeness (QED) is 0.428. The Balaban J connectivity index is 1.34. The molecule has 5 nitrogen and oxygen atoms in total. The Labute approximate surface area is 196 Å². The zero-order valence-corrected chi connectivity index (χ0v) is 19.2. The van der Waals surface area contributed by atoms with Crippen molar-refractivity contribution in [1.29, 1.82) is 0 Å². The lowest BCUT2D eigenvalue weighted by molar-refractivity contribution is -0.138. The van der Waals surface area contributed by atoms with Crippen LogP contribution in [0.3, 0.4) is 0 Å². The third-order valence-electron chi connectivity index (χ3n) is 7.60. The minimum Gasteiger partial charge on any atom is -0.360 e. The zero-order valence-electron chi connectivity index (χ0n) is 19.2. The molecule has 8 heteroatoms. The number of fused-ring (bicyclic) bond motifs is 3. The summed E-state index contributed by atoms with van der Waals surface area (Å²) in [6.07, 6.45) is 0.973.